The number of hydrogen-bond donors (Lipinski definition) is 1. The highest BCUT2D eigenvalue weighted by molar-refractivity contribution is 5.76. The molecule has 1 aromatic rings. The average Bonchev–Trinajstić information content (AvgIpc) is 2.97. The van der Waals surface area contributed by atoms with E-state index in [1.165, 1.54) is 0 Å². The topological polar surface area (TPSA) is 67.6 Å². The van der Waals surface area contributed by atoms with Crippen LogP contribution in [0.2, 0.25) is 0 Å². The first-order valence-electron chi connectivity index (χ1n) is 7.95. The van der Waals surface area contributed by atoms with Gasteiger partial charge in [0, 0.05) is 26.6 Å². The van der Waals surface area contributed by atoms with E-state index >= 15 is 0 Å². The Bertz CT molecular complexity index is 550. The molecule has 1 aliphatic heterocycles. The molecule has 23 heavy (non-hydrogen) atoms. The molecule has 1 N–H and O–H groups in total. The number of methoxy groups -OCH3 is 1. The zero-order chi connectivity index (χ0) is 16.7. The maximum absolute atomic E-state index is 12.2. The number of nitrogens with one attached hydrogen (secondary N) is 1. The van der Waals surface area contributed by atoms with Crippen LogP contribution < -0.4 is 5.32 Å². The number of ether oxygens (including phenoxy) is 1. The Morgan fingerprint density at radius 2 is 2.43 bits per heavy atom. The minimum Gasteiger partial charge on any atom is -0.377 e. The van der Waals surface area contributed by atoms with E-state index in [1.54, 1.807) is 19.1 Å². The van der Waals surface area contributed by atoms with E-state index in [0.29, 0.717) is 31.4 Å². The molecule has 0 unspecified atom stereocenters. The molecule has 2 heterocycles. The Morgan fingerprint density at radius 3 is 3.17 bits per heavy atom. The average molecular weight is 319 g/mol. The molecule has 6 nitrogen and oxygen atoms in total. The third-order valence-corrected chi connectivity index (χ3v) is 4.32. The number of nitrogens with zero attached hydrogens (tertiary/aromatic N) is 2. The van der Waals surface area contributed by atoms with Gasteiger partial charge >= 0.3 is 0 Å². The molecular weight excluding hydrogens is 294 g/mol. The first kappa shape index (κ1) is 17.5. The third kappa shape index (κ3) is 5.08. The number of hydrogen-bond acceptors (Lipinski definition) is 5. The first-order chi connectivity index (χ1) is 11.1. The number of aromatic nitrogens is 1. The van der Waals surface area contributed by atoms with Gasteiger partial charge in [-0.3, -0.25) is 4.79 Å². The molecule has 2 rings (SSSR count). The van der Waals surface area contributed by atoms with Gasteiger partial charge in [0.05, 0.1) is 12.2 Å². The van der Waals surface area contributed by atoms with Crippen LogP contribution in [0, 0.1) is 24.2 Å². The van der Waals surface area contributed by atoms with E-state index in [2.05, 4.69) is 16.4 Å². The van der Waals surface area contributed by atoms with Crippen LogP contribution in [0.25, 0.3) is 0 Å². The van der Waals surface area contributed by atoms with Crippen molar-refractivity contribution in [2.75, 3.05) is 33.8 Å². The van der Waals surface area contributed by atoms with Gasteiger partial charge in [-0.1, -0.05) is 11.1 Å². The Hall–Kier alpha value is -1.84. The lowest BCUT2D eigenvalue weighted by molar-refractivity contribution is -0.131. The molecule has 6 heteroatoms. The second-order valence-electron chi connectivity index (χ2n) is 6.09. The van der Waals surface area contributed by atoms with Crippen molar-refractivity contribution >= 4 is 5.91 Å². The molecule has 0 spiro atoms. The predicted molar refractivity (Wildman–Crippen MR) is 86.5 cm³/mol. The monoisotopic (exact) mass is 319 g/mol. The number of carbonyl (C=O) groups excluding carboxylic acids is 1. The summed E-state index contributed by atoms with van der Waals surface area (Å²) in [5, 5.41) is 7.51. The van der Waals surface area contributed by atoms with Gasteiger partial charge in [-0.15, -0.1) is 6.42 Å². The van der Waals surface area contributed by atoms with Crippen LogP contribution in [0.15, 0.2) is 10.6 Å². The highest BCUT2D eigenvalue weighted by Gasteiger charge is 2.28. The summed E-state index contributed by atoms with van der Waals surface area (Å²) in [6.07, 6.45) is 7.60. The number of piperidine rings is 1. The van der Waals surface area contributed by atoms with Crippen molar-refractivity contribution in [1.82, 2.24) is 15.4 Å². The molecular formula is C17H25N3O3. The minimum atomic E-state index is 0.111. The third-order valence-electron chi connectivity index (χ3n) is 4.32. The van der Waals surface area contributed by atoms with Crippen molar-refractivity contribution in [2.24, 2.45) is 11.8 Å². The van der Waals surface area contributed by atoms with Gasteiger partial charge in [0.2, 0.25) is 5.91 Å². The molecule has 0 aromatic carbocycles. The molecule has 0 saturated carbocycles. The number of terminal acetylenes is 1. The second-order valence-corrected chi connectivity index (χ2v) is 6.09. The van der Waals surface area contributed by atoms with E-state index < -0.39 is 0 Å². The zero-order valence-corrected chi connectivity index (χ0v) is 13.9. The fourth-order valence-electron chi connectivity index (χ4n) is 3.02. The van der Waals surface area contributed by atoms with Gasteiger partial charge in [0.15, 0.2) is 5.76 Å². The first-order valence-corrected chi connectivity index (χ1v) is 7.95. The van der Waals surface area contributed by atoms with Gasteiger partial charge in [-0.05, 0) is 37.8 Å². The molecule has 1 aromatic heterocycles. The van der Waals surface area contributed by atoms with Crippen LogP contribution in [0.4, 0.5) is 0 Å². The number of amides is 1. The van der Waals surface area contributed by atoms with Gasteiger partial charge in [0.25, 0.3) is 0 Å². The Labute approximate surface area is 137 Å². The number of rotatable bonds is 7. The maximum atomic E-state index is 12.2. The van der Waals surface area contributed by atoms with Gasteiger partial charge < -0.3 is 19.5 Å². The SMILES string of the molecule is C#CCN(C)C(=O)C[C@@H]1CCNC[C@@H]1Cc1cc(COC)on1. The van der Waals surface area contributed by atoms with Crippen LogP contribution in [-0.2, 0) is 22.6 Å². The van der Waals surface area contributed by atoms with Crippen molar-refractivity contribution in [3.63, 3.8) is 0 Å². The summed E-state index contributed by atoms with van der Waals surface area (Å²) in [5.41, 5.74) is 0.917. The van der Waals surface area contributed by atoms with E-state index in [-0.39, 0.29) is 5.91 Å². The molecule has 0 bridgehead atoms. The summed E-state index contributed by atoms with van der Waals surface area (Å²) in [5.74, 6) is 4.06. The molecule has 1 fully saturated rings. The summed E-state index contributed by atoms with van der Waals surface area (Å²) < 4.78 is 10.3. The molecule has 1 aliphatic rings. The zero-order valence-electron chi connectivity index (χ0n) is 13.9. The Balaban J connectivity index is 1.94. The van der Waals surface area contributed by atoms with Crippen LogP contribution in [0.1, 0.15) is 24.3 Å². The molecule has 2 atom stereocenters. The van der Waals surface area contributed by atoms with Crippen molar-refractivity contribution in [2.45, 2.75) is 25.9 Å². The summed E-state index contributed by atoms with van der Waals surface area (Å²) in [6, 6.07) is 1.93. The molecule has 126 valence electrons. The van der Waals surface area contributed by atoms with Gasteiger partial charge in [0.1, 0.15) is 6.61 Å². The lowest BCUT2D eigenvalue weighted by atomic mass is 9.81. The van der Waals surface area contributed by atoms with E-state index in [4.69, 9.17) is 15.7 Å². The second kappa shape index (κ2) is 8.70. The summed E-state index contributed by atoms with van der Waals surface area (Å²) in [7, 11) is 3.38. The van der Waals surface area contributed by atoms with Crippen molar-refractivity contribution < 1.29 is 14.1 Å². The highest BCUT2D eigenvalue weighted by Crippen LogP contribution is 2.26. The maximum Gasteiger partial charge on any atom is 0.223 e. The summed E-state index contributed by atoms with van der Waals surface area (Å²) in [6.45, 7) is 2.62. The Morgan fingerprint density at radius 1 is 1.61 bits per heavy atom. The van der Waals surface area contributed by atoms with E-state index in [1.807, 2.05) is 6.07 Å². The lowest BCUT2D eigenvalue weighted by Gasteiger charge is -2.32. The smallest absolute Gasteiger partial charge is 0.223 e. The molecule has 0 aliphatic carbocycles. The Kier molecular flexibility index (Phi) is 6.63. The minimum absolute atomic E-state index is 0.111. The van der Waals surface area contributed by atoms with Crippen molar-refractivity contribution in [3.8, 4) is 12.3 Å². The van der Waals surface area contributed by atoms with E-state index in [9.17, 15) is 4.79 Å². The fraction of sp³-hybridized carbons (Fsp3) is 0.647. The van der Waals surface area contributed by atoms with Crippen molar-refractivity contribution in [3.05, 3.63) is 17.5 Å². The standard InChI is InChI=1S/C17H25N3O3/c1-4-7-20(2)17(21)9-13-5-6-18-11-14(13)8-15-10-16(12-22-3)23-19-15/h1,10,13-14,18H,5-9,11-12H2,2-3H3/t13-,14-/m0/s1. The molecule has 0 radical (unpaired) electrons. The van der Waals surface area contributed by atoms with Crippen LogP contribution in [0.3, 0.4) is 0 Å². The summed E-state index contributed by atoms with van der Waals surface area (Å²) >= 11 is 0. The van der Waals surface area contributed by atoms with E-state index in [0.717, 1.165) is 37.4 Å². The van der Waals surface area contributed by atoms with Gasteiger partial charge in [-0.2, -0.15) is 0 Å². The molecule has 1 saturated heterocycles. The normalized spacial score (nSPS) is 20.9. The highest BCUT2D eigenvalue weighted by atomic mass is 16.5. The predicted octanol–water partition coefficient (Wildman–Crippen LogP) is 1.07. The van der Waals surface area contributed by atoms with Crippen molar-refractivity contribution in [1.29, 1.82) is 0 Å². The largest absolute Gasteiger partial charge is 0.377 e. The molecule has 1 amide bonds. The fourth-order valence-corrected chi connectivity index (χ4v) is 3.02. The lowest BCUT2D eigenvalue weighted by Crippen LogP contribution is -2.40. The van der Waals surface area contributed by atoms with Crippen LogP contribution in [-0.4, -0.2) is 49.8 Å². The summed E-state index contributed by atoms with van der Waals surface area (Å²) in [4.78, 5) is 13.9. The number of carbonyl (C=O) groups is 1. The quantitative estimate of drug-likeness (QED) is 0.762. The van der Waals surface area contributed by atoms with Crippen LogP contribution >= 0.6 is 0 Å². The van der Waals surface area contributed by atoms with Crippen LogP contribution in [0.5, 0.6) is 0 Å². The van der Waals surface area contributed by atoms with Gasteiger partial charge in [-0.25, -0.2) is 0 Å².